The van der Waals surface area contributed by atoms with Gasteiger partial charge in [-0.05, 0) is 19.2 Å². The maximum Gasteiger partial charge on any atom is 0.127 e. The lowest BCUT2D eigenvalue weighted by atomic mass is 10.0. The lowest BCUT2D eigenvalue weighted by molar-refractivity contribution is 0.0482. The van der Waals surface area contributed by atoms with E-state index in [4.69, 9.17) is 14.2 Å². The van der Waals surface area contributed by atoms with Crippen molar-refractivity contribution in [3.05, 3.63) is 23.8 Å². The number of hydrogen-bond donors (Lipinski definition) is 1. The largest absolute Gasteiger partial charge is 0.497 e. The minimum atomic E-state index is 0.133. The highest BCUT2D eigenvalue weighted by Crippen LogP contribution is 2.33. The molecule has 1 fully saturated rings. The van der Waals surface area contributed by atoms with Crippen LogP contribution < -0.4 is 14.8 Å². The molecular formula is C14H21NO3S. The number of likely N-dealkylation sites (N-methyl/N-ethyl adjacent to an activating group) is 1. The van der Waals surface area contributed by atoms with Crippen LogP contribution in [-0.4, -0.2) is 45.5 Å². The highest BCUT2D eigenvalue weighted by molar-refractivity contribution is 7.99. The summed E-state index contributed by atoms with van der Waals surface area (Å²) < 4.78 is 16.6. The fourth-order valence-corrected chi connectivity index (χ4v) is 3.22. The standard InChI is InChI=1S/C14H21NO3S/c1-15-14(13-9-19-7-6-18-13)11-5-4-10(16-2)8-12(11)17-3/h4-5,8,13-15H,6-7,9H2,1-3H3. The Morgan fingerprint density at radius 2 is 2.21 bits per heavy atom. The number of rotatable bonds is 5. The molecule has 0 amide bonds. The van der Waals surface area contributed by atoms with Gasteiger partial charge in [-0.25, -0.2) is 0 Å². The number of benzene rings is 1. The fourth-order valence-electron chi connectivity index (χ4n) is 2.32. The Balaban J connectivity index is 2.26. The summed E-state index contributed by atoms with van der Waals surface area (Å²) in [5.41, 5.74) is 1.11. The van der Waals surface area contributed by atoms with E-state index >= 15 is 0 Å². The quantitative estimate of drug-likeness (QED) is 0.896. The molecule has 1 saturated heterocycles. The predicted molar refractivity (Wildman–Crippen MR) is 78.4 cm³/mol. The zero-order valence-corrected chi connectivity index (χ0v) is 12.5. The monoisotopic (exact) mass is 283 g/mol. The molecule has 0 aliphatic carbocycles. The van der Waals surface area contributed by atoms with Gasteiger partial charge in [-0.3, -0.25) is 0 Å². The molecule has 0 radical (unpaired) electrons. The van der Waals surface area contributed by atoms with Gasteiger partial charge >= 0.3 is 0 Å². The van der Waals surface area contributed by atoms with Gasteiger partial charge < -0.3 is 19.5 Å². The number of ether oxygens (including phenoxy) is 3. The van der Waals surface area contributed by atoms with E-state index in [1.807, 2.05) is 37.0 Å². The molecule has 0 saturated carbocycles. The predicted octanol–water partition coefficient (Wildman–Crippen LogP) is 2.10. The third-order valence-electron chi connectivity index (χ3n) is 3.30. The van der Waals surface area contributed by atoms with E-state index in [-0.39, 0.29) is 12.1 Å². The molecule has 2 atom stereocenters. The first kappa shape index (κ1) is 14.5. The fraction of sp³-hybridized carbons (Fsp3) is 0.571. The lowest BCUT2D eigenvalue weighted by Gasteiger charge is -2.31. The molecule has 1 aromatic carbocycles. The zero-order chi connectivity index (χ0) is 13.7. The highest BCUT2D eigenvalue weighted by Gasteiger charge is 2.27. The van der Waals surface area contributed by atoms with E-state index in [0.29, 0.717) is 0 Å². The molecule has 1 aromatic rings. The lowest BCUT2D eigenvalue weighted by Crippen LogP contribution is -2.36. The molecule has 1 N–H and O–H groups in total. The Kier molecular flexibility index (Phi) is 5.36. The number of thioether (sulfide) groups is 1. The summed E-state index contributed by atoms with van der Waals surface area (Å²) in [4.78, 5) is 0. The van der Waals surface area contributed by atoms with Crippen LogP contribution in [0.25, 0.3) is 0 Å². The average Bonchev–Trinajstić information content (AvgIpc) is 2.49. The van der Waals surface area contributed by atoms with Crippen molar-refractivity contribution in [2.75, 3.05) is 39.4 Å². The van der Waals surface area contributed by atoms with Crippen LogP contribution in [0.3, 0.4) is 0 Å². The molecule has 0 spiro atoms. The Hall–Kier alpha value is -0.910. The van der Waals surface area contributed by atoms with Gasteiger partial charge in [0, 0.05) is 23.1 Å². The molecular weight excluding hydrogens is 262 g/mol. The Bertz CT molecular complexity index is 408. The summed E-state index contributed by atoms with van der Waals surface area (Å²) in [6, 6.07) is 6.04. The van der Waals surface area contributed by atoms with Gasteiger partial charge in [-0.2, -0.15) is 11.8 Å². The first-order valence-electron chi connectivity index (χ1n) is 6.38. The van der Waals surface area contributed by atoms with Crippen LogP contribution >= 0.6 is 11.8 Å². The van der Waals surface area contributed by atoms with E-state index in [1.165, 1.54) is 0 Å². The molecule has 0 bridgehead atoms. The van der Waals surface area contributed by atoms with Crippen LogP contribution in [0.5, 0.6) is 11.5 Å². The van der Waals surface area contributed by atoms with E-state index in [0.717, 1.165) is 35.2 Å². The summed E-state index contributed by atoms with van der Waals surface area (Å²) in [5.74, 6) is 3.71. The topological polar surface area (TPSA) is 39.7 Å². The third kappa shape index (κ3) is 3.35. The summed E-state index contributed by atoms with van der Waals surface area (Å²) in [6.45, 7) is 0.811. The van der Waals surface area contributed by atoms with Crippen molar-refractivity contribution in [2.45, 2.75) is 12.1 Å². The SMILES string of the molecule is CNC(c1ccc(OC)cc1OC)C1CSCCO1. The average molecular weight is 283 g/mol. The molecule has 1 aliphatic heterocycles. The van der Waals surface area contributed by atoms with Gasteiger partial charge in [0.05, 0.1) is 33.0 Å². The van der Waals surface area contributed by atoms with Crippen LogP contribution in [0.4, 0.5) is 0 Å². The van der Waals surface area contributed by atoms with Crippen molar-refractivity contribution < 1.29 is 14.2 Å². The van der Waals surface area contributed by atoms with Crippen molar-refractivity contribution in [1.82, 2.24) is 5.32 Å². The second-order valence-corrected chi connectivity index (χ2v) is 5.51. The number of methoxy groups -OCH3 is 2. The molecule has 4 nitrogen and oxygen atoms in total. The minimum absolute atomic E-state index is 0.133. The van der Waals surface area contributed by atoms with E-state index < -0.39 is 0 Å². The normalized spacial score (nSPS) is 20.9. The van der Waals surface area contributed by atoms with Crippen molar-refractivity contribution in [3.63, 3.8) is 0 Å². The van der Waals surface area contributed by atoms with Gasteiger partial charge in [-0.1, -0.05) is 0 Å². The molecule has 5 heteroatoms. The molecule has 2 rings (SSSR count). The van der Waals surface area contributed by atoms with Crippen LogP contribution in [0, 0.1) is 0 Å². The second-order valence-electron chi connectivity index (χ2n) is 4.36. The molecule has 1 aliphatic rings. The van der Waals surface area contributed by atoms with E-state index in [9.17, 15) is 0 Å². The number of nitrogens with one attached hydrogen (secondary N) is 1. The van der Waals surface area contributed by atoms with Crippen LogP contribution in [0.2, 0.25) is 0 Å². The summed E-state index contributed by atoms with van der Waals surface area (Å²) in [6.07, 6.45) is 0.172. The summed E-state index contributed by atoms with van der Waals surface area (Å²) in [5, 5.41) is 3.34. The molecule has 106 valence electrons. The van der Waals surface area contributed by atoms with E-state index in [2.05, 4.69) is 5.32 Å². The van der Waals surface area contributed by atoms with Crippen molar-refractivity contribution in [1.29, 1.82) is 0 Å². The minimum Gasteiger partial charge on any atom is -0.497 e. The molecule has 2 unspecified atom stereocenters. The zero-order valence-electron chi connectivity index (χ0n) is 11.6. The van der Waals surface area contributed by atoms with Crippen molar-refractivity contribution in [2.24, 2.45) is 0 Å². The number of hydrogen-bond acceptors (Lipinski definition) is 5. The van der Waals surface area contributed by atoms with Crippen LogP contribution in [0.15, 0.2) is 18.2 Å². The van der Waals surface area contributed by atoms with Crippen molar-refractivity contribution in [3.8, 4) is 11.5 Å². The van der Waals surface area contributed by atoms with Crippen LogP contribution in [-0.2, 0) is 4.74 Å². The first-order valence-corrected chi connectivity index (χ1v) is 7.54. The van der Waals surface area contributed by atoms with Gasteiger partial charge in [0.2, 0.25) is 0 Å². The highest BCUT2D eigenvalue weighted by atomic mass is 32.2. The Morgan fingerprint density at radius 1 is 1.37 bits per heavy atom. The Morgan fingerprint density at radius 3 is 2.79 bits per heavy atom. The van der Waals surface area contributed by atoms with Gasteiger partial charge in [0.1, 0.15) is 11.5 Å². The second kappa shape index (κ2) is 7.03. The first-order chi connectivity index (χ1) is 9.30. The maximum atomic E-state index is 5.87. The van der Waals surface area contributed by atoms with Crippen molar-refractivity contribution >= 4 is 11.8 Å². The molecule has 0 aromatic heterocycles. The van der Waals surface area contributed by atoms with Gasteiger partial charge in [-0.15, -0.1) is 0 Å². The summed E-state index contributed by atoms with van der Waals surface area (Å²) in [7, 11) is 5.29. The van der Waals surface area contributed by atoms with E-state index in [1.54, 1.807) is 14.2 Å². The van der Waals surface area contributed by atoms with Gasteiger partial charge in [0.15, 0.2) is 0 Å². The molecule has 1 heterocycles. The maximum absolute atomic E-state index is 5.87. The van der Waals surface area contributed by atoms with Gasteiger partial charge in [0.25, 0.3) is 0 Å². The Labute approximate surface area is 118 Å². The summed E-state index contributed by atoms with van der Waals surface area (Å²) >= 11 is 1.93. The smallest absolute Gasteiger partial charge is 0.127 e. The third-order valence-corrected chi connectivity index (χ3v) is 4.32. The van der Waals surface area contributed by atoms with Crippen LogP contribution in [0.1, 0.15) is 11.6 Å². The molecule has 19 heavy (non-hydrogen) atoms.